The molecule has 0 saturated carbocycles. The predicted octanol–water partition coefficient (Wildman–Crippen LogP) is 4.69. The molecule has 1 N–H and O–H groups in total. The van der Waals surface area contributed by atoms with Crippen molar-refractivity contribution in [2.24, 2.45) is 0 Å². The molecule has 3 rings (SSSR count). The third-order valence-corrected chi connectivity index (χ3v) is 3.37. The molecule has 2 aromatic carbocycles. The Morgan fingerprint density at radius 3 is 1.90 bits per heavy atom. The van der Waals surface area contributed by atoms with Crippen molar-refractivity contribution in [3.05, 3.63) is 102 Å². The van der Waals surface area contributed by atoms with Gasteiger partial charge >= 0.3 is 0 Å². The van der Waals surface area contributed by atoms with E-state index in [1.807, 2.05) is 12.4 Å². The highest BCUT2D eigenvalue weighted by Gasteiger charge is 2.04. The largest absolute Gasteiger partial charge is 0.367 e. The fraction of sp³-hybridized carbons (Fsp3) is 0.0526. The van der Waals surface area contributed by atoms with Gasteiger partial charge in [-0.2, -0.15) is 0 Å². The number of aromatic nitrogens is 1. The first-order valence-electron chi connectivity index (χ1n) is 6.86. The van der Waals surface area contributed by atoms with E-state index in [1.54, 1.807) is 0 Å². The summed E-state index contributed by atoms with van der Waals surface area (Å²) in [5, 5.41) is 0. The Kier molecular flexibility index (Phi) is 3.79. The zero-order valence-corrected chi connectivity index (χ0v) is 11.3. The van der Waals surface area contributed by atoms with Crippen LogP contribution in [0, 0.1) is 0 Å². The van der Waals surface area contributed by atoms with E-state index in [-0.39, 0.29) is 0 Å². The number of nitrogens with one attached hydrogen (secondary N) is 1. The Hall–Kier alpha value is -2.54. The number of rotatable bonds is 4. The van der Waals surface area contributed by atoms with Gasteiger partial charge in [-0.05, 0) is 34.8 Å². The van der Waals surface area contributed by atoms with Gasteiger partial charge in [0.1, 0.15) is 0 Å². The molecule has 0 spiro atoms. The standard InChI is InChI=1S/C19H17N/c1-3-7-17(8-4-1)19(18-9-5-2-6-10-18)12-11-16-13-14-20-15-16/h1-10,12-15,20H,11H2. The lowest BCUT2D eigenvalue weighted by atomic mass is 9.96. The second-order valence-electron chi connectivity index (χ2n) is 4.77. The lowest BCUT2D eigenvalue weighted by Crippen LogP contribution is -1.89. The number of benzene rings is 2. The first-order valence-corrected chi connectivity index (χ1v) is 6.86. The van der Waals surface area contributed by atoms with Crippen molar-refractivity contribution in [2.75, 3.05) is 0 Å². The molecule has 1 nitrogen and oxygen atoms in total. The minimum atomic E-state index is 0.933. The van der Waals surface area contributed by atoms with Crippen LogP contribution in [0.2, 0.25) is 0 Å². The average molecular weight is 259 g/mol. The van der Waals surface area contributed by atoms with Crippen LogP contribution in [0.1, 0.15) is 16.7 Å². The zero-order valence-electron chi connectivity index (χ0n) is 11.3. The van der Waals surface area contributed by atoms with E-state index < -0.39 is 0 Å². The second-order valence-corrected chi connectivity index (χ2v) is 4.77. The summed E-state index contributed by atoms with van der Waals surface area (Å²) in [6.07, 6.45) is 7.24. The summed E-state index contributed by atoms with van der Waals surface area (Å²) in [6, 6.07) is 23.2. The van der Waals surface area contributed by atoms with Crippen molar-refractivity contribution in [1.29, 1.82) is 0 Å². The van der Waals surface area contributed by atoms with E-state index in [0.717, 1.165) is 6.42 Å². The van der Waals surface area contributed by atoms with Gasteiger partial charge in [0.05, 0.1) is 0 Å². The Morgan fingerprint density at radius 1 is 0.800 bits per heavy atom. The lowest BCUT2D eigenvalue weighted by molar-refractivity contribution is 1.27. The molecule has 0 aliphatic carbocycles. The molecule has 0 radical (unpaired) electrons. The third kappa shape index (κ3) is 2.89. The van der Waals surface area contributed by atoms with Crippen LogP contribution in [0.25, 0.3) is 5.57 Å². The number of hydrogen-bond acceptors (Lipinski definition) is 0. The summed E-state index contributed by atoms with van der Waals surface area (Å²) >= 11 is 0. The van der Waals surface area contributed by atoms with E-state index in [4.69, 9.17) is 0 Å². The van der Waals surface area contributed by atoms with Crippen LogP contribution >= 0.6 is 0 Å². The molecule has 0 bridgehead atoms. The molecule has 0 amide bonds. The Bertz CT molecular complexity index is 623. The van der Waals surface area contributed by atoms with Crippen LogP contribution < -0.4 is 0 Å². The summed E-state index contributed by atoms with van der Waals surface area (Å²) < 4.78 is 0. The highest BCUT2D eigenvalue weighted by atomic mass is 14.6. The van der Waals surface area contributed by atoms with Gasteiger partial charge in [0.15, 0.2) is 0 Å². The van der Waals surface area contributed by atoms with E-state index in [0.29, 0.717) is 0 Å². The van der Waals surface area contributed by atoms with Gasteiger partial charge in [-0.25, -0.2) is 0 Å². The molecular weight excluding hydrogens is 242 g/mol. The summed E-state index contributed by atoms with van der Waals surface area (Å²) in [4.78, 5) is 3.10. The van der Waals surface area contributed by atoms with Crippen LogP contribution in [-0.4, -0.2) is 4.98 Å². The van der Waals surface area contributed by atoms with E-state index in [1.165, 1.54) is 22.3 Å². The number of hydrogen-bond donors (Lipinski definition) is 1. The van der Waals surface area contributed by atoms with Gasteiger partial charge < -0.3 is 4.98 Å². The Morgan fingerprint density at radius 2 is 1.40 bits per heavy atom. The molecule has 20 heavy (non-hydrogen) atoms. The lowest BCUT2D eigenvalue weighted by Gasteiger charge is -2.08. The summed E-state index contributed by atoms with van der Waals surface area (Å²) in [5.74, 6) is 0. The smallest absolute Gasteiger partial charge is 0.00405 e. The maximum absolute atomic E-state index is 3.10. The van der Waals surface area contributed by atoms with Crippen molar-refractivity contribution in [1.82, 2.24) is 4.98 Å². The number of allylic oxidation sites excluding steroid dienone is 1. The van der Waals surface area contributed by atoms with Crippen molar-refractivity contribution in [3.8, 4) is 0 Å². The van der Waals surface area contributed by atoms with E-state index >= 15 is 0 Å². The van der Waals surface area contributed by atoms with Gasteiger partial charge in [0.25, 0.3) is 0 Å². The fourth-order valence-corrected chi connectivity index (χ4v) is 2.34. The normalized spacial score (nSPS) is 10.2. The summed E-state index contributed by atoms with van der Waals surface area (Å²) in [5.41, 5.74) is 5.10. The van der Waals surface area contributed by atoms with Crippen molar-refractivity contribution in [3.63, 3.8) is 0 Å². The number of aromatic amines is 1. The van der Waals surface area contributed by atoms with Crippen LogP contribution in [0.3, 0.4) is 0 Å². The maximum Gasteiger partial charge on any atom is 0.00405 e. The average Bonchev–Trinajstić information content (AvgIpc) is 3.03. The van der Waals surface area contributed by atoms with Gasteiger partial charge in [0.2, 0.25) is 0 Å². The van der Waals surface area contributed by atoms with Crippen LogP contribution in [0.4, 0.5) is 0 Å². The van der Waals surface area contributed by atoms with Crippen molar-refractivity contribution in [2.45, 2.75) is 6.42 Å². The zero-order chi connectivity index (χ0) is 13.6. The first kappa shape index (κ1) is 12.5. The minimum absolute atomic E-state index is 0.933. The Balaban J connectivity index is 1.98. The van der Waals surface area contributed by atoms with Crippen LogP contribution in [0.15, 0.2) is 85.2 Å². The first-order chi connectivity index (χ1) is 9.93. The van der Waals surface area contributed by atoms with Crippen molar-refractivity contribution >= 4 is 5.57 Å². The van der Waals surface area contributed by atoms with Gasteiger partial charge in [0, 0.05) is 12.4 Å². The molecule has 0 atom stereocenters. The fourth-order valence-electron chi connectivity index (χ4n) is 2.34. The second kappa shape index (κ2) is 6.07. The highest BCUT2D eigenvalue weighted by Crippen LogP contribution is 2.23. The van der Waals surface area contributed by atoms with Crippen LogP contribution in [0.5, 0.6) is 0 Å². The quantitative estimate of drug-likeness (QED) is 0.699. The molecule has 0 saturated heterocycles. The third-order valence-electron chi connectivity index (χ3n) is 3.37. The van der Waals surface area contributed by atoms with Gasteiger partial charge in [-0.3, -0.25) is 0 Å². The van der Waals surface area contributed by atoms with Gasteiger partial charge in [-0.1, -0.05) is 66.7 Å². The van der Waals surface area contributed by atoms with E-state index in [2.05, 4.69) is 77.8 Å². The molecule has 0 aliphatic heterocycles. The highest BCUT2D eigenvalue weighted by molar-refractivity contribution is 5.79. The van der Waals surface area contributed by atoms with Gasteiger partial charge in [-0.15, -0.1) is 0 Å². The molecule has 98 valence electrons. The van der Waals surface area contributed by atoms with Crippen molar-refractivity contribution < 1.29 is 0 Å². The molecule has 3 aromatic rings. The molecular formula is C19H17N. The number of H-pyrrole nitrogens is 1. The predicted molar refractivity (Wildman–Crippen MR) is 84.5 cm³/mol. The molecule has 1 heteroatoms. The molecule has 0 fully saturated rings. The molecule has 0 unspecified atom stereocenters. The van der Waals surface area contributed by atoms with E-state index in [9.17, 15) is 0 Å². The summed E-state index contributed by atoms with van der Waals surface area (Å²) in [7, 11) is 0. The topological polar surface area (TPSA) is 15.8 Å². The molecule has 1 heterocycles. The maximum atomic E-state index is 3.10. The monoisotopic (exact) mass is 259 g/mol. The van der Waals surface area contributed by atoms with Crippen LogP contribution in [-0.2, 0) is 6.42 Å². The SMILES string of the molecule is C(Cc1cc[nH]c1)=C(c1ccccc1)c1ccccc1. The molecule has 0 aliphatic rings. The minimum Gasteiger partial charge on any atom is -0.367 e. The Labute approximate surface area is 119 Å². The molecule has 1 aromatic heterocycles. The summed E-state index contributed by atoms with van der Waals surface area (Å²) in [6.45, 7) is 0.